The van der Waals surface area contributed by atoms with Crippen molar-refractivity contribution in [3.05, 3.63) is 18.5 Å². The van der Waals surface area contributed by atoms with Gasteiger partial charge in [-0.05, 0) is 32.0 Å². The summed E-state index contributed by atoms with van der Waals surface area (Å²) in [6, 6.07) is 1.98. The first-order valence-electron chi connectivity index (χ1n) is 9.11. The Balaban J connectivity index is 1.69. The van der Waals surface area contributed by atoms with Crippen LogP contribution in [0.2, 0.25) is 0 Å². The zero-order valence-electron chi connectivity index (χ0n) is 14.0. The molecule has 3 heteroatoms. The number of hydrogen-bond donors (Lipinski definition) is 1. The van der Waals surface area contributed by atoms with Crippen LogP contribution in [0.5, 0.6) is 0 Å². The molecule has 1 aromatic rings. The molecule has 1 aromatic heterocycles. The fourth-order valence-electron chi connectivity index (χ4n) is 2.66. The van der Waals surface area contributed by atoms with Crippen LogP contribution < -0.4 is 5.32 Å². The molecule has 0 fully saturated rings. The standard InChI is InChI=1S/C18H35N3/c1-2-3-4-5-6-7-8-9-10-11-14-19-15-12-17-21-18-13-16-20-21/h13,16,18-19H,2-12,14-15,17H2,1H3. The molecule has 0 aliphatic rings. The first-order valence-corrected chi connectivity index (χ1v) is 9.11. The molecule has 0 unspecified atom stereocenters. The normalized spacial score (nSPS) is 11.1. The summed E-state index contributed by atoms with van der Waals surface area (Å²) in [6.45, 7) is 5.59. The smallest absolute Gasteiger partial charge is 0.0489 e. The summed E-state index contributed by atoms with van der Waals surface area (Å²) < 4.78 is 2.00. The summed E-state index contributed by atoms with van der Waals surface area (Å²) in [5.74, 6) is 0. The van der Waals surface area contributed by atoms with E-state index in [1.165, 1.54) is 77.2 Å². The summed E-state index contributed by atoms with van der Waals surface area (Å²) in [4.78, 5) is 0. The molecule has 3 nitrogen and oxygen atoms in total. The lowest BCUT2D eigenvalue weighted by Gasteiger charge is -2.05. The first-order chi connectivity index (χ1) is 10.4. The lowest BCUT2D eigenvalue weighted by molar-refractivity contribution is 0.519. The van der Waals surface area contributed by atoms with Gasteiger partial charge in [-0.15, -0.1) is 0 Å². The van der Waals surface area contributed by atoms with Crippen molar-refractivity contribution in [2.24, 2.45) is 0 Å². The van der Waals surface area contributed by atoms with Crippen LogP contribution in [0.25, 0.3) is 0 Å². The molecule has 0 radical (unpaired) electrons. The maximum atomic E-state index is 4.20. The molecule has 0 bridgehead atoms. The first kappa shape index (κ1) is 18.2. The van der Waals surface area contributed by atoms with Crippen LogP contribution in [0.3, 0.4) is 0 Å². The Labute approximate surface area is 131 Å². The number of nitrogens with zero attached hydrogens (tertiary/aromatic N) is 2. The zero-order chi connectivity index (χ0) is 15.0. The number of unbranched alkanes of at least 4 members (excludes halogenated alkanes) is 9. The minimum absolute atomic E-state index is 1.03. The van der Waals surface area contributed by atoms with E-state index in [0.29, 0.717) is 0 Å². The lowest BCUT2D eigenvalue weighted by Crippen LogP contribution is -2.18. The van der Waals surface area contributed by atoms with Crippen LogP contribution in [-0.2, 0) is 6.54 Å². The Bertz CT molecular complexity index is 295. The number of aryl methyl sites for hydroxylation is 1. The predicted molar refractivity (Wildman–Crippen MR) is 91.6 cm³/mol. The Morgan fingerprint density at radius 3 is 2.05 bits per heavy atom. The third-order valence-electron chi connectivity index (χ3n) is 4.01. The van der Waals surface area contributed by atoms with E-state index in [2.05, 4.69) is 17.3 Å². The van der Waals surface area contributed by atoms with Gasteiger partial charge < -0.3 is 5.32 Å². The van der Waals surface area contributed by atoms with Crippen molar-refractivity contribution in [2.45, 2.75) is 84.1 Å². The van der Waals surface area contributed by atoms with Gasteiger partial charge in [0.1, 0.15) is 0 Å². The molecule has 0 aliphatic carbocycles. The van der Waals surface area contributed by atoms with Crippen molar-refractivity contribution >= 4 is 0 Å². The number of rotatable bonds is 15. The van der Waals surface area contributed by atoms with E-state index in [1.807, 2.05) is 23.1 Å². The van der Waals surface area contributed by atoms with E-state index in [1.54, 1.807) is 0 Å². The van der Waals surface area contributed by atoms with Crippen LogP contribution in [0.15, 0.2) is 18.5 Å². The molecule has 0 aliphatic heterocycles. The van der Waals surface area contributed by atoms with Crippen LogP contribution in [0, 0.1) is 0 Å². The molecule has 1 rings (SSSR count). The topological polar surface area (TPSA) is 29.9 Å². The highest BCUT2D eigenvalue weighted by Crippen LogP contribution is 2.10. The Morgan fingerprint density at radius 1 is 0.810 bits per heavy atom. The average molecular weight is 293 g/mol. The molecule has 0 saturated heterocycles. The van der Waals surface area contributed by atoms with Crippen molar-refractivity contribution in [2.75, 3.05) is 13.1 Å². The maximum Gasteiger partial charge on any atom is 0.0489 e. The molecule has 0 saturated carbocycles. The predicted octanol–water partition coefficient (Wildman–Crippen LogP) is 4.78. The highest BCUT2D eigenvalue weighted by molar-refractivity contribution is 4.77. The van der Waals surface area contributed by atoms with Crippen LogP contribution in [0.4, 0.5) is 0 Å². The van der Waals surface area contributed by atoms with Gasteiger partial charge >= 0.3 is 0 Å². The second-order valence-electron chi connectivity index (χ2n) is 6.05. The zero-order valence-corrected chi connectivity index (χ0v) is 14.0. The number of aromatic nitrogens is 2. The SMILES string of the molecule is CCCCCCCCCCCCNCCCn1cccn1. The van der Waals surface area contributed by atoms with E-state index in [9.17, 15) is 0 Å². The quantitative estimate of drug-likeness (QED) is 0.471. The van der Waals surface area contributed by atoms with Gasteiger partial charge in [0.05, 0.1) is 0 Å². The molecular weight excluding hydrogens is 258 g/mol. The van der Waals surface area contributed by atoms with Crippen molar-refractivity contribution in [1.29, 1.82) is 0 Å². The van der Waals surface area contributed by atoms with Gasteiger partial charge in [0.25, 0.3) is 0 Å². The molecule has 0 aromatic carbocycles. The van der Waals surface area contributed by atoms with Crippen molar-refractivity contribution in [3.63, 3.8) is 0 Å². The molecule has 0 spiro atoms. The Kier molecular flexibility index (Phi) is 12.3. The third-order valence-corrected chi connectivity index (χ3v) is 4.01. The summed E-state index contributed by atoms with van der Waals surface area (Å²) in [5.41, 5.74) is 0. The van der Waals surface area contributed by atoms with Crippen molar-refractivity contribution < 1.29 is 0 Å². The van der Waals surface area contributed by atoms with Crippen molar-refractivity contribution in [3.8, 4) is 0 Å². The van der Waals surface area contributed by atoms with E-state index in [4.69, 9.17) is 0 Å². The van der Waals surface area contributed by atoms with Crippen LogP contribution in [-0.4, -0.2) is 22.9 Å². The van der Waals surface area contributed by atoms with Gasteiger partial charge in [0.2, 0.25) is 0 Å². The van der Waals surface area contributed by atoms with Gasteiger partial charge in [0, 0.05) is 18.9 Å². The van der Waals surface area contributed by atoms with E-state index in [0.717, 1.165) is 13.1 Å². The largest absolute Gasteiger partial charge is 0.317 e. The third kappa shape index (κ3) is 11.5. The summed E-state index contributed by atoms with van der Waals surface area (Å²) in [7, 11) is 0. The molecule has 1 N–H and O–H groups in total. The summed E-state index contributed by atoms with van der Waals surface area (Å²) in [5, 5.41) is 7.74. The molecule has 21 heavy (non-hydrogen) atoms. The molecular formula is C18H35N3. The number of hydrogen-bond acceptors (Lipinski definition) is 2. The second kappa shape index (κ2) is 14.1. The number of nitrogens with one attached hydrogen (secondary N) is 1. The minimum Gasteiger partial charge on any atom is -0.317 e. The molecule has 122 valence electrons. The second-order valence-corrected chi connectivity index (χ2v) is 6.05. The van der Waals surface area contributed by atoms with Gasteiger partial charge in [-0.2, -0.15) is 5.10 Å². The monoisotopic (exact) mass is 293 g/mol. The van der Waals surface area contributed by atoms with Gasteiger partial charge in [0.15, 0.2) is 0 Å². The summed E-state index contributed by atoms with van der Waals surface area (Å²) >= 11 is 0. The van der Waals surface area contributed by atoms with Gasteiger partial charge in [-0.3, -0.25) is 4.68 Å². The Morgan fingerprint density at radius 2 is 1.43 bits per heavy atom. The van der Waals surface area contributed by atoms with Crippen molar-refractivity contribution in [1.82, 2.24) is 15.1 Å². The van der Waals surface area contributed by atoms with Gasteiger partial charge in [-0.25, -0.2) is 0 Å². The lowest BCUT2D eigenvalue weighted by atomic mass is 10.1. The van der Waals surface area contributed by atoms with Crippen LogP contribution >= 0.6 is 0 Å². The average Bonchev–Trinajstić information content (AvgIpc) is 3.01. The Hall–Kier alpha value is -0.830. The van der Waals surface area contributed by atoms with E-state index >= 15 is 0 Å². The van der Waals surface area contributed by atoms with Crippen LogP contribution in [0.1, 0.15) is 77.6 Å². The summed E-state index contributed by atoms with van der Waals surface area (Å²) in [6.07, 6.45) is 19.2. The molecule has 0 atom stereocenters. The molecule has 0 amide bonds. The highest BCUT2D eigenvalue weighted by atomic mass is 15.3. The fraction of sp³-hybridized carbons (Fsp3) is 0.833. The minimum atomic E-state index is 1.03. The fourth-order valence-corrected chi connectivity index (χ4v) is 2.66. The molecule has 1 heterocycles. The van der Waals surface area contributed by atoms with E-state index < -0.39 is 0 Å². The maximum absolute atomic E-state index is 4.20. The van der Waals surface area contributed by atoms with E-state index in [-0.39, 0.29) is 0 Å². The van der Waals surface area contributed by atoms with Gasteiger partial charge in [-0.1, -0.05) is 64.7 Å². The highest BCUT2D eigenvalue weighted by Gasteiger charge is 1.94.